The molecule has 0 aromatic heterocycles. The number of benzene rings is 2. The Kier molecular flexibility index (Phi) is 7.19. The molecule has 0 aliphatic rings. The minimum Gasteiger partial charge on any atom is -0.497 e. The molecule has 3 N–H and O–H groups in total. The lowest BCUT2D eigenvalue weighted by Gasteiger charge is -2.13. The lowest BCUT2D eigenvalue weighted by molar-refractivity contribution is -0.116. The zero-order valence-electron chi connectivity index (χ0n) is 15.8. The van der Waals surface area contributed by atoms with E-state index in [1.165, 1.54) is 6.08 Å². The second-order valence-electron chi connectivity index (χ2n) is 5.76. The summed E-state index contributed by atoms with van der Waals surface area (Å²) in [6.07, 6.45) is 3.04. The number of carbonyl (C=O) groups excluding carboxylic acids is 1. The van der Waals surface area contributed by atoms with Crippen molar-refractivity contribution < 1.29 is 14.3 Å². The Bertz CT molecular complexity index is 866. The normalized spacial score (nSPS) is 10.4. The SMILES string of the molecule is COc1ccc(/C=C/C(=O)NNC(=S)Nc2cccc(C)c2C)c(OC)c1. The minimum atomic E-state index is -0.349. The van der Waals surface area contributed by atoms with Crippen molar-refractivity contribution in [3.05, 3.63) is 59.2 Å². The highest BCUT2D eigenvalue weighted by Gasteiger charge is 2.05. The van der Waals surface area contributed by atoms with Gasteiger partial charge in [0, 0.05) is 23.4 Å². The molecule has 0 saturated carbocycles. The van der Waals surface area contributed by atoms with Crippen molar-refractivity contribution >= 4 is 35.0 Å². The Balaban J connectivity index is 1.91. The number of thiocarbonyl (C=S) groups is 1. The quantitative estimate of drug-likeness (QED) is 0.417. The van der Waals surface area contributed by atoms with E-state index in [1.807, 2.05) is 38.1 Å². The van der Waals surface area contributed by atoms with Crippen molar-refractivity contribution in [2.75, 3.05) is 19.5 Å². The number of anilines is 1. The highest BCUT2D eigenvalue weighted by Crippen LogP contribution is 2.25. The van der Waals surface area contributed by atoms with Crippen LogP contribution in [-0.4, -0.2) is 25.2 Å². The average Bonchev–Trinajstić information content (AvgIpc) is 2.68. The Morgan fingerprint density at radius 2 is 1.85 bits per heavy atom. The van der Waals surface area contributed by atoms with Crippen molar-refractivity contribution in [3.63, 3.8) is 0 Å². The van der Waals surface area contributed by atoms with E-state index in [9.17, 15) is 4.79 Å². The van der Waals surface area contributed by atoms with Crippen LogP contribution in [0.25, 0.3) is 6.08 Å². The summed E-state index contributed by atoms with van der Waals surface area (Å²) in [5.74, 6) is 0.939. The molecule has 2 rings (SSSR count). The van der Waals surface area contributed by atoms with Crippen LogP contribution in [0.1, 0.15) is 16.7 Å². The number of hydrogen-bond donors (Lipinski definition) is 3. The second kappa shape index (κ2) is 9.59. The van der Waals surface area contributed by atoms with Crippen LogP contribution >= 0.6 is 12.2 Å². The summed E-state index contributed by atoms with van der Waals surface area (Å²) in [5, 5.41) is 3.36. The number of hydrogen-bond acceptors (Lipinski definition) is 4. The van der Waals surface area contributed by atoms with Crippen molar-refractivity contribution in [1.82, 2.24) is 10.9 Å². The molecule has 0 aliphatic carbocycles. The summed E-state index contributed by atoms with van der Waals surface area (Å²) in [6.45, 7) is 4.03. The van der Waals surface area contributed by atoms with E-state index in [0.717, 1.165) is 22.4 Å². The summed E-state index contributed by atoms with van der Waals surface area (Å²) < 4.78 is 10.4. The molecule has 27 heavy (non-hydrogen) atoms. The van der Waals surface area contributed by atoms with Crippen LogP contribution in [0.2, 0.25) is 0 Å². The third-order valence-corrected chi connectivity index (χ3v) is 4.21. The molecule has 0 heterocycles. The zero-order chi connectivity index (χ0) is 19.8. The van der Waals surface area contributed by atoms with Gasteiger partial charge in [0.25, 0.3) is 5.91 Å². The van der Waals surface area contributed by atoms with Crippen molar-refractivity contribution in [2.24, 2.45) is 0 Å². The Hall–Kier alpha value is -3.06. The van der Waals surface area contributed by atoms with Gasteiger partial charge in [-0.15, -0.1) is 0 Å². The predicted octanol–water partition coefficient (Wildman–Crippen LogP) is 3.35. The van der Waals surface area contributed by atoms with Gasteiger partial charge in [-0.25, -0.2) is 0 Å². The molecule has 0 bridgehead atoms. The molecule has 0 unspecified atom stereocenters. The lowest BCUT2D eigenvalue weighted by atomic mass is 10.1. The first-order valence-corrected chi connectivity index (χ1v) is 8.68. The van der Waals surface area contributed by atoms with E-state index < -0.39 is 0 Å². The van der Waals surface area contributed by atoms with Gasteiger partial charge in [0.05, 0.1) is 14.2 Å². The van der Waals surface area contributed by atoms with Gasteiger partial charge in [-0.05, 0) is 61.5 Å². The van der Waals surface area contributed by atoms with Crippen LogP contribution < -0.4 is 25.6 Å². The summed E-state index contributed by atoms with van der Waals surface area (Å²) in [6, 6.07) is 11.2. The first kappa shape index (κ1) is 20.3. The van der Waals surface area contributed by atoms with E-state index >= 15 is 0 Å². The third kappa shape index (κ3) is 5.72. The average molecular weight is 385 g/mol. The number of rotatable bonds is 5. The number of nitrogens with one attached hydrogen (secondary N) is 3. The van der Waals surface area contributed by atoms with Crippen molar-refractivity contribution in [1.29, 1.82) is 0 Å². The van der Waals surface area contributed by atoms with Gasteiger partial charge in [0.2, 0.25) is 0 Å². The van der Waals surface area contributed by atoms with E-state index in [1.54, 1.807) is 32.4 Å². The largest absolute Gasteiger partial charge is 0.497 e. The molecule has 6 nitrogen and oxygen atoms in total. The fourth-order valence-corrected chi connectivity index (χ4v) is 2.48. The van der Waals surface area contributed by atoms with E-state index in [0.29, 0.717) is 16.6 Å². The van der Waals surface area contributed by atoms with Gasteiger partial charge >= 0.3 is 0 Å². The molecule has 0 atom stereocenters. The molecule has 142 valence electrons. The number of hydrazine groups is 1. The number of ether oxygens (including phenoxy) is 2. The van der Waals surface area contributed by atoms with Crippen LogP contribution in [0.5, 0.6) is 11.5 Å². The van der Waals surface area contributed by atoms with Gasteiger partial charge in [-0.3, -0.25) is 15.6 Å². The van der Waals surface area contributed by atoms with Gasteiger partial charge in [0.15, 0.2) is 5.11 Å². The number of methoxy groups -OCH3 is 2. The van der Waals surface area contributed by atoms with Crippen LogP contribution in [-0.2, 0) is 4.79 Å². The van der Waals surface area contributed by atoms with Crippen LogP contribution in [0.4, 0.5) is 5.69 Å². The first-order valence-electron chi connectivity index (χ1n) is 8.28. The predicted molar refractivity (Wildman–Crippen MR) is 112 cm³/mol. The van der Waals surface area contributed by atoms with E-state index in [4.69, 9.17) is 21.7 Å². The fraction of sp³-hybridized carbons (Fsp3) is 0.200. The standard InChI is InChI=1S/C20H23N3O3S/c1-13-6-5-7-17(14(13)2)21-20(27)23-22-19(24)11-9-15-8-10-16(25-3)12-18(15)26-4/h5-12H,1-4H3,(H,22,24)(H2,21,23,27)/b11-9+. The zero-order valence-corrected chi connectivity index (χ0v) is 16.6. The third-order valence-electron chi connectivity index (χ3n) is 4.01. The topological polar surface area (TPSA) is 71.6 Å². The number of amides is 1. The maximum atomic E-state index is 12.0. The highest BCUT2D eigenvalue weighted by molar-refractivity contribution is 7.80. The second-order valence-corrected chi connectivity index (χ2v) is 6.17. The molecule has 0 saturated heterocycles. The summed E-state index contributed by atoms with van der Waals surface area (Å²) in [4.78, 5) is 12.0. The molecule has 0 fully saturated rings. The molecular weight excluding hydrogens is 362 g/mol. The van der Waals surface area contributed by atoms with E-state index in [-0.39, 0.29) is 5.91 Å². The number of carbonyl (C=O) groups is 1. The van der Waals surface area contributed by atoms with Gasteiger partial charge in [-0.1, -0.05) is 12.1 Å². The van der Waals surface area contributed by atoms with Crippen molar-refractivity contribution in [2.45, 2.75) is 13.8 Å². The maximum Gasteiger partial charge on any atom is 0.262 e. The maximum absolute atomic E-state index is 12.0. The molecule has 0 aliphatic heterocycles. The van der Waals surface area contributed by atoms with Gasteiger partial charge in [-0.2, -0.15) is 0 Å². The van der Waals surface area contributed by atoms with Gasteiger partial charge < -0.3 is 14.8 Å². The molecule has 0 spiro atoms. The minimum absolute atomic E-state index is 0.299. The molecule has 2 aromatic carbocycles. The molecular formula is C20H23N3O3S. The number of aryl methyl sites for hydroxylation is 1. The summed E-state index contributed by atoms with van der Waals surface area (Å²) >= 11 is 5.21. The van der Waals surface area contributed by atoms with Crippen molar-refractivity contribution in [3.8, 4) is 11.5 Å². The highest BCUT2D eigenvalue weighted by atomic mass is 32.1. The fourth-order valence-electron chi connectivity index (χ4n) is 2.32. The Morgan fingerprint density at radius 1 is 1.07 bits per heavy atom. The van der Waals surface area contributed by atoms with Crippen LogP contribution in [0, 0.1) is 13.8 Å². The molecule has 7 heteroatoms. The summed E-state index contributed by atoms with van der Waals surface area (Å²) in [7, 11) is 3.14. The first-order chi connectivity index (χ1) is 12.9. The Morgan fingerprint density at radius 3 is 2.56 bits per heavy atom. The van der Waals surface area contributed by atoms with Crippen LogP contribution in [0.3, 0.4) is 0 Å². The molecule has 0 radical (unpaired) electrons. The molecule has 2 aromatic rings. The lowest BCUT2D eigenvalue weighted by Crippen LogP contribution is -2.43. The molecule has 1 amide bonds. The Labute approximate surface area is 164 Å². The smallest absolute Gasteiger partial charge is 0.262 e. The van der Waals surface area contributed by atoms with Gasteiger partial charge in [0.1, 0.15) is 11.5 Å². The van der Waals surface area contributed by atoms with E-state index in [2.05, 4.69) is 16.2 Å². The van der Waals surface area contributed by atoms with Crippen LogP contribution in [0.15, 0.2) is 42.5 Å². The summed E-state index contributed by atoms with van der Waals surface area (Å²) in [5.41, 5.74) is 9.10. The monoisotopic (exact) mass is 385 g/mol.